The van der Waals surface area contributed by atoms with Crippen molar-refractivity contribution < 1.29 is 14.6 Å². The normalized spacial score (nSPS) is 27.9. The van der Waals surface area contributed by atoms with Crippen molar-refractivity contribution in [2.24, 2.45) is 0 Å². The molecule has 2 fully saturated rings. The highest BCUT2D eigenvalue weighted by molar-refractivity contribution is 5.75. The van der Waals surface area contributed by atoms with E-state index >= 15 is 0 Å². The third-order valence-corrected chi connectivity index (χ3v) is 5.63. The van der Waals surface area contributed by atoms with Gasteiger partial charge in [0.05, 0.1) is 18.2 Å². The molecule has 2 aliphatic rings. The van der Waals surface area contributed by atoms with Gasteiger partial charge in [0.1, 0.15) is 0 Å². The number of hydrogen-bond acceptors (Lipinski definition) is 3. The van der Waals surface area contributed by atoms with Crippen LogP contribution in [0, 0.1) is 0 Å². The van der Waals surface area contributed by atoms with E-state index in [0.29, 0.717) is 6.42 Å². The summed E-state index contributed by atoms with van der Waals surface area (Å²) in [6.45, 7) is 0.766. The summed E-state index contributed by atoms with van der Waals surface area (Å²) in [5.74, 6) is 0. The van der Waals surface area contributed by atoms with Crippen molar-refractivity contribution in [3.8, 4) is 0 Å². The van der Waals surface area contributed by atoms with Gasteiger partial charge in [0.15, 0.2) is 0 Å². The summed E-state index contributed by atoms with van der Waals surface area (Å²) in [5, 5.41) is 13.7. The summed E-state index contributed by atoms with van der Waals surface area (Å²) >= 11 is 0. The molecule has 1 aromatic rings. The summed E-state index contributed by atoms with van der Waals surface area (Å²) in [6, 6.07) is 9.90. The minimum absolute atomic E-state index is 0.00304. The smallest absolute Gasteiger partial charge is 0.317 e. The Morgan fingerprint density at radius 2 is 2.00 bits per heavy atom. The highest BCUT2D eigenvalue weighted by Gasteiger charge is 2.33. The van der Waals surface area contributed by atoms with Crippen LogP contribution in [0.4, 0.5) is 4.79 Å². The van der Waals surface area contributed by atoms with E-state index in [1.54, 1.807) is 7.11 Å². The molecule has 1 saturated carbocycles. The Morgan fingerprint density at radius 3 is 2.76 bits per heavy atom. The van der Waals surface area contributed by atoms with E-state index in [1.165, 1.54) is 6.42 Å². The van der Waals surface area contributed by atoms with Gasteiger partial charge in [0, 0.05) is 19.7 Å². The molecule has 2 N–H and O–H groups in total. The lowest BCUT2D eigenvalue weighted by atomic mass is 9.92. The van der Waals surface area contributed by atoms with E-state index in [0.717, 1.165) is 44.2 Å². The van der Waals surface area contributed by atoms with Gasteiger partial charge >= 0.3 is 6.03 Å². The molecule has 1 aliphatic heterocycles. The van der Waals surface area contributed by atoms with Gasteiger partial charge in [0.25, 0.3) is 0 Å². The Balaban J connectivity index is 1.58. The molecule has 0 spiro atoms. The van der Waals surface area contributed by atoms with E-state index in [2.05, 4.69) is 5.32 Å². The molecule has 1 aliphatic carbocycles. The van der Waals surface area contributed by atoms with Crippen LogP contribution in [0.5, 0.6) is 0 Å². The van der Waals surface area contributed by atoms with Gasteiger partial charge in [-0.05, 0) is 37.7 Å². The maximum Gasteiger partial charge on any atom is 0.317 e. The molecule has 138 valence electrons. The van der Waals surface area contributed by atoms with Crippen molar-refractivity contribution in [2.75, 3.05) is 13.7 Å². The van der Waals surface area contributed by atoms with Crippen molar-refractivity contribution in [1.82, 2.24) is 10.2 Å². The number of nitrogens with zero attached hydrogens (tertiary/aromatic N) is 1. The first-order valence-electron chi connectivity index (χ1n) is 9.52. The third kappa shape index (κ3) is 4.53. The van der Waals surface area contributed by atoms with Gasteiger partial charge in [-0.15, -0.1) is 0 Å². The summed E-state index contributed by atoms with van der Waals surface area (Å²) in [6.07, 6.45) is 6.44. The maximum absolute atomic E-state index is 12.8. The maximum atomic E-state index is 12.8. The van der Waals surface area contributed by atoms with E-state index in [-0.39, 0.29) is 24.2 Å². The molecule has 0 radical (unpaired) electrons. The zero-order valence-corrected chi connectivity index (χ0v) is 15.1. The third-order valence-electron chi connectivity index (χ3n) is 5.63. The molecule has 0 bridgehead atoms. The van der Waals surface area contributed by atoms with Crippen LogP contribution in [-0.2, 0) is 4.74 Å². The fraction of sp³-hybridized carbons (Fsp3) is 0.650. The van der Waals surface area contributed by atoms with Crippen LogP contribution in [0.1, 0.15) is 56.6 Å². The van der Waals surface area contributed by atoms with E-state index in [4.69, 9.17) is 4.74 Å². The fourth-order valence-corrected chi connectivity index (χ4v) is 4.20. The lowest BCUT2D eigenvalue weighted by Gasteiger charge is -2.34. The second-order valence-corrected chi connectivity index (χ2v) is 7.27. The Morgan fingerprint density at radius 1 is 1.24 bits per heavy atom. The first-order chi connectivity index (χ1) is 12.2. The van der Waals surface area contributed by atoms with Crippen molar-refractivity contribution in [2.45, 2.75) is 69.2 Å². The van der Waals surface area contributed by atoms with Crippen LogP contribution in [-0.4, -0.2) is 47.9 Å². The SMILES string of the molecule is COC1CCCCC1NC(=O)N1CCCC1CC(O)c1ccccc1. The second-order valence-electron chi connectivity index (χ2n) is 7.27. The molecular weight excluding hydrogens is 316 g/mol. The number of methoxy groups -OCH3 is 1. The Labute approximate surface area is 150 Å². The van der Waals surface area contributed by atoms with Gasteiger partial charge in [0.2, 0.25) is 0 Å². The quantitative estimate of drug-likeness (QED) is 0.860. The molecule has 4 atom stereocenters. The van der Waals surface area contributed by atoms with Crippen LogP contribution < -0.4 is 5.32 Å². The van der Waals surface area contributed by atoms with Crippen LogP contribution >= 0.6 is 0 Å². The number of hydrogen-bond donors (Lipinski definition) is 2. The molecule has 5 heteroatoms. The van der Waals surface area contributed by atoms with Gasteiger partial charge in [-0.25, -0.2) is 4.79 Å². The Kier molecular flexibility index (Phi) is 6.32. The molecule has 4 unspecified atom stereocenters. The zero-order chi connectivity index (χ0) is 17.6. The number of carbonyl (C=O) groups is 1. The first kappa shape index (κ1) is 18.2. The van der Waals surface area contributed by atoms with Crippen molar-refractivity contribution in [3.63, 3.8) is 0 Å². The average Bonchev–Trinajstić information content (AvgIpc) is 3.11. The first-order valence-corrected chi connectivity index (χ1v) is 9.52. The molecule has 25 heavy (non-hydrogen) atoms. The number of carbonyl (C=O) groups excluding carboxylic acids is 1. The van der Waals surface area contributed by atoms with Gasteiger partial charge in [-0.3, -0.25) is 0 Å². The number of benzene rings is 1. The molecule has 0 aromatic heterocycles. The zero-order valence-electron chi connectivity index (χ0n) is 15.1. The van der Waals surface area contributed by atoms with E-state index in [1.807, 2.05) is 35.2 Å². The van der Waals surface area contributed by atoms with Gasteiger partial charge in [-0.1, -0.05) is 43.2 Å². The van der Waals surface area contributed by atoms with Crippen LogP contribution in [0.25, 0.3) is 0 Å². The molecule has 1 aromatic carbocycles. The van der Waals surface area contributed by atoms with Gasteiger partial charge < -0.3 is 20.1 Å². The second kappa shape index (κ2) is 8.68. The van der Waals surface area contributed by atoms with Gasteiger partial charge in [-0.2, -0.15) is 0 Å². The van der Waals surface area contributed by atoms with Crippen LogP contribution in [0.3, 0.4) is 0 Å². The summed E-state index contributed by atoms with van der Waals surface area (Å²) in [4.78, 5) is 14.7. The molecule has 5 nitrogen and oxygen atoms in total. The van der Waals surface area contributed by atoms with E-state index < -0.39 is 6.10 Å². The number of ether oxygens (including phenoxy) is 1. The summed E-state index contributed by atoms with van der Waals surface area (Å²) in [5.41, 5.74) is 0.918. The lowest BCUT2D eigenvalue weighted by molar-refractivity contribution is 0.0421. The highest BCUT2D eigenvalue weighted by Crippen LogP contribution is 2.28. The molecule has 2 amide bonds. The number of rotatable bonds is 5. The monoisotopic (exact) mass is 346 g/mol. The Bertz CT molecular complexity index is 551. The van der Waals surface area contributed by atoms with Crippen molar-refractivity contribution in [1.29, 1.82) is 0 Å². The van der Waals surface area contributed by atoms with Crippen molar-refractivity contribution in [3.05, 3.63) is 35.9 Å². The number of urea groups is 1. The van der Waals surface area contributed by atoms with Crippen molar-refractivity contribution >= 4 is 6.03 Å². The number of nitrogens with one attached hydrogen (secondary N) is 1. The lowest BCUT2D eigenvalue weighted by Crippen LogP contribution is -2.52. The predicted octanol–water partition coefficient (Wildman–Crippen LogP) is 3.24. The highest BCUT2D eigenvalue weighted by atomic mass is 16.5. The minimum Gasteiger partial charge on any atom is -0.388 e. The standard InChI is InChI=1S/C20H30N2O3/c1-25-19-12-6-5-11-17(19)21-20(24)22-13-7-10-16(22)14-18(23)15-8-3-2-4-9-15/h2-4,8-9,16-19,23H,5-7,10-14H2,1H3,(H,21,24). The molecule has 1 heterocycles. The molecular formula is C20H30N2O3. The van der Waals surface area contributed by atoms with Crippen LogP contribution in [0.15, 0.2) is 30.3 Å². The number of aliphatic hydroxyl groups excluding tert-OH is 1. The largest absolute Gasteiger partial charge is 0.388 e. The summed E-state index contributed by atoms with van der Waals surface area (Å²) in [7, 11) is 1.73. The Hall–Kier alpha value is -1.59. The summed E-state index contributed by atoms with van der Waals surface area (Å²) < 4.78 is 5.54. The number of aliphatic hydroxyl groups is 1. The molecule has 1 saturated heterocycles. The van der Waals surface area contributed by atoms with E-state index in [9.17, 15) is 9.90 Å². The predicted molar refractivity (Wildman–Crippen MR) is 97.3 cm³/mol. The van der Waals surface area contributed by atoms with Crippen LogP contribution in [0.2, 0.25) is 0 Å². The number of amides is 2. The molecule has 3 rings (SSSR count). The minimum atomic E-state index is -0.527. The fourth-order valence-electron chi connectivity index (χ4n) is 4.20. The average molecular weight is 346 g/mol. The number of likely N-dealkylation sites (tertiary alicyclic amines) is 1. The topological polar surface area (TPSA) is 61.8 Å².